The zero-order valence-electron chi connectivity index (χ0n) is 17.2. The number of carbonyl (C=O) groups is 2. The van der Waals surface area contributed by atoms with Crippen LogP contribution in [-0.4, -0.2) is 34.9 Å². The summed E-state index contributed by atoms with van der Waals surface area (Å²) in [5.74, 6) is -1.42. The standard InChI is InChI=1S/C23H19FN4O3/c1-12-8-9-14(11-25-12)19-15-6-4-5-7-16(15)23(30)28(19)20-17(24)10-18-21(26-20)31-13(2)22(29)27(18)3/h4-11,13,19H,1-3H3. The van der Waals surface area contributed by atoms with Gasteiger partial charge < -0.3 is 9.64 Å². The topological polar surface area (TPSA) is 75.6 Å². The van der Waals surface area contributed by atoms with Crippen molar-refractivity contribution in [2.45, 2.75) is 26.0 Å². The van der Waals surface area contributed by atoms with Gasteiger partial charge in [-0.1, -0.05) is 24.3 Å². The minimum absolute atomic E-state index is 0.107. The molecule has 2 aliphatic rings. The van der Waals surface area contributed by atoms with Crippen LogP contribution in [-0.2, 0) is 4.79 Å². The number of pyridine rings is 2. The molecular weight excluding hydrogens is 399 g/mol. The van der Waals surface area contributed by atoms with Crippen LogP contribution < -0.4 is 14.5 Å². The van der Waals surface area contributed by atoms with E-state index in [1.165, 1.54) is 15.9 Å². The van der Waals surface area contributed by atoms with Gasteiger partial charge in [-0.15, -0.1) is 0 Å². The zero-order valence-corrected chi connectivity index (χ0v) is 17.2. The summed E-state index contributed by atoms with van der Waals surface area (Å²) in [5, 5.41) is 0. The third kappa shape index (κ3) is 2.86. The summed E-state index contributed by atoms with van der Waals surface area (Å²) in [6.45, 7) is 3.47. The van der Waals surface area contributed by atoms with Crippen LogP contribution in [0, 0.1) is 12.7 Å². The van der Waals surface area contributed by atoms with Gasteiger partial charge in [-0.25, -0.2) is 4.39 Å². The van der Waals surface area contributed by atoms with Crippen molar-refractivity contribution in [2.24, 2.45) is 0 Å². The van der Waals surface area contributed by atoms with E-state index in [0.29, 0.717) is 5.56 Å². The molecule has 0 saturated carbocycles. The van der Waals surface area contributed by atoms with Crippen LogP contribution in [0.3, 0.4) is 0 Å². The number of hydrogen-bond donors (Lipinski definition) is 0. The Kier molecular flexibility index (Phi) is 4.25. The minimum atomic E-state index is -0.758. The molecule has 2 unspecified atom stereocenters. The van der Waals surface area contributed by atoms with E-state index in [4.69, 9.17) is 4.74 Å². The van der Waals surface area contributed by atoms with Gasteiger partial charge in [-0.2, -0.15) is 4.98 Å². The monoisotopic (exact) mass is 418 g/mol. The normalized spacial score (nSPS) is 19.9. The molecule has 1 aromatic carbocycles. The van der Waals surface area contributed by atoms with Crippen molar-refractivity contribution >= 4 is 23.3 Å². The van der Waals surface area contributed by atoms with Crippen LogP contribution in [0.25, 0.3) is 0 Å². The molecule has 2 amide bonds. The first-order valence-electron chi connectivity index (χ1n) is 9.86. The predicted molar refractivity (Wildman–Crippen MR) is 112 cm³/mol. The fourth-order valence-electron chi connectivity index (χ4n) is 4.06. The summed E-state index contributed by atoms with van der Waals surface area (Å²) in [7, 11) is 1.54. The first-order chi connectivity index (χ1) is 14.9. The highest BCUT2D eigenvalue weighted by atomic mass is 19.1. The summed E-state index contributed by atoms with van der Waals surface area (Å²) in [4.78, 5) is 36.9. The molecule has 5 rings (SSSR count). The number of ether oxygens (including phenoxy) is 1. The van der Waals surface area contributed by atoms with E-state index in [2.05, 4.69) is 9.97 Å². The lowest BCUT2D eigenvalue weighted by molar-refractivity contribution is -0.125. The van der Waals surface area contributed by atoms with E-state index in [9.17, 15) is 9.59 Å². The summed E-state index contributed by atoms with van der Waals surface area (Å²) >= 11 is 0. The molecule has 7 nitrogen and oxygen atoms in total. The van der Waals surface area contributed by atoms with E-state index in [0.717, 1.165) is 16.8 Å². The maximum atomic E-state index is 15.3. The summed E-state index contributed by atoms with van der Waals surface area (Å²) in [5.41, 5.74) is 3.03. The minimum Gasteiger partial charge on any atom is -0.463 e. The molecule has 0 aliphatic carbocycles. The number of fused-ring (bicyclic) bond motifs is 2. The molecule has 2 atom stereocenters. The van der Waals surface area contributed by atoms with Gasteiger partial charge in [0.2, 0.25) is 5.88 Å². The molecule has 31 heavy (non-hydrogen) atoms. The number of rotatable bonds is 2. The lowest BCUT2D eigenvalue weighted by atomic mass is 9.99. The number of anilines is 2. The van der Waals surface area contributed by atoms with Crippen LogP contribution in [0.15, 0.2) is 48.7 Å². The molecular formula is C23H19FN4O3. The summed E-state index contributed by atoms with van der Waals surface area (Å²) in [6.07, 6.45) is 0.927. The summed E-state index contributed by atoms with van der Waals surface area (Å²) in [6, 6.07) is 11.5. The third-order valence-electron chi connectivity index (χ3n) is 5.67. The lowest BCUT2D eigenvalue weighted by Crippen LogP contribution is -2.42. The summed E-state index contributed by atoms with van der Waals surface area (Å²) < 4.78 is 20.9. The Morgan fingerprint density at radius 2 is 1.90 bits per heavy atom. The quantitative estimate of drug-likeness (QED) is 0.638. The molecule has 0 saturated heterocycles. The number of aryl methyl sites for hydroxylation is 1. The Hall–Kier alpha value is -3.81. The Labute approximate surface area is 178 Å². The number of amides is 2. The van der Waals surface area contributed by atoms with E-state index < -0.39 is 18.0 Å². The smallest absolute Gasteiger partial charge is 0.267 e. The van der Waals surface area contributed by atoms with E-state index in [-0.39, 0.29) is 29.2 Å². The number of aromatic nitrogens is 2. The molecule has 0 spiro atoms. The van der Waals surface area contributed by atoms with Crippen molar-refractivity contribution in [3.05, 3.63) is 76.9 Å². The SMILES string of the molecule is Cc1ccc(C2c3ccccc3C(=O)N2c2nc3c(cc2F)N(C)C(=O)C(C)O3)cn1. The van der Waals surface area contributed by atoms with Gasteiger partial charge in [-0.05, 0) is 37.1 Å². The highest BCUT2D eigenvalue weighted by molar-refractivity contribution is 6.11. The van der Waals surface area contributed by atoms with E-state index >= 15 is 4.39 Å². The molecule has 0 radical (unpaired) electrons. The van der Waals surface area contributed by atoms with Gasteiger partial charge >= 0.3 is 0 Å². The molecule has 2 aromatic heterocycles. The van der Waals surface area contributed by atoms with Crippen LogP contribution in [0.4, 0.5) is 15.9 Å². The second kappa shape index (κ2) is 6.87. The molecule has 0 bridgehead atoms. The van der Waals surface area contributed by atoms with Gasteiger partial charge in [0.1, 0.15) is 5.69 Å². The zero-order chi connectivity index (χ0) is 21.9. The Bertz CT molecular complexity index is 1230. The van der Waals surface area contributed by atoms with Crippen LogP contribution in [0.5, 0.6) is 5.88 Å². The average Bonchev–Trinajstić information content (AvgIpc) is 3.06. The molecule has 0 fully saturated rings. The number of carbonyl (C=O) groups excluding carboxylic acids is 2. The Balaban J connectivity index is 1.68. The van der Waals surface area contributed by atoms with Gasteiger partial charge in [0, 0.05) is 30.6 Å². The van der Waals surface area contributed by atoms with Gasteiger partial charge in [-0.3, -0.25) is 19.5 Å². The van der Waals surface area contributed by atoms with Gasteiger partial charge in [0.25, 0.3) is 11.8 Å². The van der Waals surface area contributed by atoms with E-state index in [1.807, 2.05) is 31.2 Å². The maximum Gasteiger partial charge on any atom is 0.267 e. The van der Waals surface area contributed by atoms with Crippen molar-refractivity contribution in [1.82, 2.24) is 9.97 Å². The third-order valence-corrected chi connectivity index (χ3v) is 5.67. The van der Waals surface area contributed by atoms with Crippen molar-refractivity contribution in [1.29, 1.82) is 0 Å². The van der Waals surface area contributed by atoms with Crippen molar-refractivity contribution < 1.29 is 18.7 Å². The largest absolute Gasteiger partial charge is 0.463 e. The Morgan fingerprint density at radius 3 is 2.65 bits per heavy atom. The van der Waals surface area contributed by atoms with E-state index in [1.54, 1.807) is 32.3 Å². The maximum absolute atomic E-state index is 15.3. The fraction of sp³-hybridized carbons (Fsp3) is 0.217. The first kappa shape index (κ1) is 19.2. The number of benzene rings is 1. The number of halogens is 1. The van der Waals surface area contributed by atoms with Crippen LogP contribution in [0.1, 0.15) is 40.1 Å². The van der Waals surface area contributed by atoms with Crippen molar-refractivity contribution in [3.63, 3.8) is 0 Å². The molecule has 0 N–H and O–H groups in total. The van der Waals surface area contributed by atoms with Gasteiger partial charge in [0.05, 0.1) is 6.04 Å². The second-order valence-electron chi connectivity index (χ2n) is 7.67. The molecule has 4 heterocycles. The highest BCUT2D eigenvalue weighted by Crippen LogP contribution is 2.44. The molecule has 156 valence electrons. The number of hydrogen-bond acceptors (Lipinski definition) is 5. The predicted octanol–water partition coefficient (Wildman–Crippen LogP) is 3.42. The van der Waals surface area contributed by atoms with Crippen LogP contribution in [0.2, 0.25) is 0 Å². The van der Waals surface area contributed by atoms with Crippen molar-refractivity contribution in [3.8, 4) is 5.88 Å². The highest BCUT2D eigenvalue weighted by Gasteiger charge is 2.42. The van der Waals surface area contributed by atoms with Gasteiger partial charge in [0.15, 0.2) is 17.7 Å². The molecule has 2 aliphatic heterocycles. The lowest BCUT2D eigenvalue weighted by Gasteiger charge is -2.31. The average molecular weight is 418 g/mol. The molecule has 3 aromatic rings. The second-order valence-corrected chi connectivity index (χ2v) is 7.67. The fourth-order valence-corrected chi connectivity index (χ4v) is 4.06. The van der Waals surface area contributed by atoms with Crippen molar-refractivity contribution in [2.75, 3.05) is 16.8 Å². The Morgan fingerprint density at radius 1 is 1.13 bits per heavy atom. The number of likely N-dealkylation sites (N-methyl/N-ethyl adjacent to an activating group) is 1. The first-order valence-corrected chi connectivity index (χ1v) is 9.86. The van der Waals surface area contributed by atoms with Crippen LogP contribution >= 0.6 is 0 Å². The molecule has 8 heteroatoms. The number of nitrogens with zero attached hydrogens (tertiary/aromatic N) is 4.